The molecule has 0 unspecified atom stereocenters. The van der Waals surface area contributed by atoms with Gasteiger partial charge in [0.25, 0.3) is 0 Å². The highest BCUT2D eigenvalue weighted by Crippen LogP contribution is 2.14. The third-order valence-electron chi connectivity index (χ3n) is 3.56. The zero-order chi connectivity index (χ0) is 13.5. The molecule has 1 saturated carbocycles. The first kappa shape index (κ1) is 17.9. The van der Waals surface area contributed by atoms with Gasteiger partial charge in [-0.2, -0.15) is 0 Å². The Bertz CT molecular complexity index is 134. The summed E-state index contributed by atoms with van der Waals surface area (Å²) in [5.74, 6) is 0. The van der Waals surface area contributed by atoms with Gasteiger partial charge in [0.2, 0.25) is 0 Å². The van der Waals surface area contributed by atoms with Crippen LogP contribution in [0.25, 0.3) is 0 Å². The largest absolute Gasteiger partial charge is 0.328 e. The zero-order valence-electron chi connectivity index (χ0n) is 12.8. The van der Waals surface area contributed by atoms with Gasteiger partial charge in [0.05, 0.1) is 0 Å². The smallest absolute Gasteiger partial charge is 0.00388 e. The van der Waals surface area contributed by atoms with E-state index < -0.39 is 0 Å². The van der Waals surface area contributed by atoms with Gasteiger partial charge >= 0.3 is 0 Å². The Morgan fingerprint density at radius 1 is 0.833 bits per heavy atom. The summed E-state index contributed by atoms with van der Waals surface area (Å²) >= 11 is 0. The van der Waals surface area contributed by atoms with E-state index in [1.165, 1.54) is 83.7 Å². The van der Waals surface area contributed by atoms with Crippen LogP contribution in [0.2, 0.25) is 0 Å². The van der Waals surface area contributed by atoms with Crippen molar-refractivity contribution >= 4 is 0 Å². The van der Waals surface area contributed by atoms with Crippen LogP contribution in [0.4, 0.5) is 0 Å². The Labute approximate surface area is 115 Å². The van der Waals surface area contributed by atoms with Crippen molar-refractivity contribution in [2.24, 2.45) is 5.73 Å². The molecule has 0 aromatic rings. The van der Waals surface area contributed by atoms with Crippen LogP contribution in [0, 0.1) is 0 Å². The normalized spacial score (nSPS) is 16.2. The van der Waals surface area contributed by atoms with Crippen LogP contribution in [0.5, 0.6) is 0 Å². The van der Waals surface area contributed by atoms with Gasteiger partial charge < -0.3 is 11.1 Å². The van der Waals surface area contributed by atoms with Gasteiger partial charge in [-0.15, -0.1) is 0 Å². The summed E-state index contributed by atoms with van der Waals surface area (Å²) in [7, 11) is 0. The number of nitrogens with one attached hydrogen (secondary N) is 1. The predicted octanol–water partition coefficient (Wildman–Crippen LogP) is 4.23. The van der Waals surface area contributed by atoms with Gasteiger partial charge in [-0.05, 0) is 38.8 Å². The first-order valence-electron chi connectivity index (χ1n) is 8.27. The topological polar surface area (TPSA) is 38.0 Å². The maximum Gasteiger partial charge on any atom is 0.00388 e. The molecule has 0 atom stereocenters. The van der Waals surface area contributed by atoms with Crippen LogP contribution in [-0.2, 0) is 0 Å². The maximum absolute atomic E-state index is 5.63. The van der Waals surface area contributed by atoms with Crippen LogP contribution in [0.15, 0.2) is 0 Å². The molecular weight excluding hydrogens is 220 g/mol. The molecule has 0 aromatic heterocycles. The molecule has 2 heteroatoms. The average molecular weight is 256 g/mol. The van der Waals surface area contributed by atoms with Crippen molar-refractivity contribution in [2.45, 2.75) is 90.5 Å². The molecule has 0 saturated heterocycles. The molecule has 0 heterocycles. The highest BCUT2D eigenvalue weighted by Gasteiger charge is 2.06. The van der Waals surface area contributed by atoms with E-state index in [1.807, 2.05) is 0 Å². The minimum Gasteiger partial charge on any atom is -0.328 e. The summed E-state index contributed by atoms with van der Waals surface area (Å²) < 4.78 is 0. The van der Waals surface area contributed by atoms with Crippen molar-refractivity contribution in [3.05, 3.63) is 0 Å². The molecule has 18 heavy (non-hydrogen) atoms. The molecular formula is C16H36N2. The molecule has 1 aliphatic carbocycles. The molecule has 1 fully saturated rings. The summed E-state index contributed by atoms with van der Waals surface area (Å²) in [4.78, 5) is 0. The third-order valence-corrected chi connectivity index (χ3v) is 3.56. The Morgan fingerprint density at radius 3 is 1.67 bits per heavy atom. The van der Waals surface area contributed by atoms with E-state index in [0.717, 1.165) is 0 Å². The fourth-order valence-electron chi connectivity index (χ4n) is 2.26. The molecule has 0 spiro atoms. The number of hydrogen-bond donors (Lipinski definition) is 2. The Balaban J connectivity index is 0.000000351. The minimum absolute atomic E-state index is 0.536. The van der Waals surface area contributed by atoms with Crippen LogP contribution in [-0.4, -0.2) is 19.1 Å². The predicted molar refractivity (Wildman–Crippen MR) is 83.0 cm³/mol. The average Bonchev–Trinajstić information content (AvgIpc) is 2.39. The molecule has 3 N–H and O–H groups in total. The lowest BCUT2D eigenvalue weighted by Crippen LogP contribution is -2.22. The van der Waals surface area contributed by atoms with Crippen LogP contribution < -0.4 is 11.1 Å². The van der Waals surface area contributed by atoms with Crippen molar-refractivity contribution in [3.8, 4) is 0 Å². The Hall–Kier alpha value is -0.0800. The van der Waals surface area contributed by atoms with Crippen molar-refractivity contribution in [1.82, 2.24) is 5.32 Å². The van der Waals surface area contributed by atoms with Crippen LogP contribution >= 0.6 is 0 Å². The van der Waals surface area contributed by atoms with Gasteiger partial charge in [-0.3, -0.25) is 0 Å². The summed E-state index contributed by atoms with van der Waals surface area (Å²) in [5.41, 5.74) is 5.63. The molecule has 0 radical (unpaired) electrons. The second-order valence-corrected chi connectivity index (χ2v) is 5.56. The van der Waals surface area contributed by atoms with Crippen molar-refractivity contribution in [1.29, 1.82) is 0 Å². The summed E-state index contributed by atoms with van der Waals surface area (Å²) in [6.45, 7) is 6.93. The van der Waals surface area contributed by atoms with Gasteiger partial charge in [-0.1, -0.05) is 58.8 Å². The van der Waals surface area contributed by atoms with Crippen molar-refractivity contribution in [2.75, 3.05) is 13.1 Å². The molecule has 0 aliphatic heterocycles. The molecule has 110 valence electrons. The van der Waals surface area contributed by atoms with Crippen LogP contribution in [0.1, 0.15) is 84.5 Å². The first-order chi connectivity index (χ1) is 8.81. The maximum atomic E-state index is 5.63. The SMILES string of the molecule is CCCCCNCCCCC.NC1CCCCC1. The monoisotopic (exact) mass is 256 g/mol. The van der Waals surface area contributed by atoms with Gasteiger partial charge in [0.15, 0.2) is 0 Å². The third kappa shape index (κ3) is 14.0. The lowest BCUT2D eigenvalue weighted by molar-refractivity contribution is 0.441. The van der Waals surface area contributed by atoms with Crippen molar-refractivity contribution < 1.29 is 0 Å². The lowest BCUT2D eigenvalue weighted by Gasteiger charge is -2.15. The second-order valence-electron chi connectivity index (χ2n) is 5.56. The Kier molecular flexibility index (Phi) is 14.9. The molecule has 0 bridgehead atoms. The standard InChI is InChI=1S/C10H23N.C6H13N/c1-3-5-7-9-11-10-8-6-4-2;7-6-4-2-1-3-5-6/h11H,3-10H2,1-2H3;6H,1-5,7H2. The number of nitrogens with two attached hydrogens (primary N) is 1. The van der Waals surface area contributed by atoms with E-state index >= 15 is 0 Å². The second kappa shape index (κ2) is 15.0. The zero-order valence-corrected chi connectivity index (χ0v) is 12.8. The number of hydrogen-bond acceptors (Lipinski definition) is 2. The fraction of sp³-hybridized carbons (Fsp3) is 1.00. The van der Waals surface area contributed by atoms with E-state index in [0.29, 0.717) is 6.04 Å². The highest BCUT2D eigenvalue weighted by molar-refractivity contribution is 4.66. The highest BCUT2D eigenvalue weighted by atomic mass is 14.8. The Morgan fingerprint density at radius 2 is 1.33 bits per heavy atom. The van der Waals surface area contributed by atoms with E-state index in [-0.39, 0.29) is 0 Å². The summed E-state index contributed by atoms with van der Waals surface area (Å²) in [6.07, 6.45) is 14.8. The van der Waals surface area contributed by atoms with E-state index in [2.05, 4.69) is 19.2 Å². The van der Waals surface area contributed by atoms with E-state index in [9.17, 15) is 0 Å². The van der Waals surface area contributed by atoms with Crippen LogP contribution in [0.3, 0.4) is 0 Å². The first-order valence-corrected chi connectivity index (χ1v) is 8.27. The molecule has 1 aliphatic rings. The van der Waals surface area contributed by atoms with Crippen molar-refractivity contribution in [3.63, 3.8) is 0 Å². The van der Waals surface area contributed by atoms with E-state index in [1.54, 1.807) is 0 Å². The van der Waals surface area contributed by atoms with E-state index in [4.69, 9.17) is 5.73 Å². The van der Waals surface area contributed by atoms with Gasteiger partial charge in [-0.25, -0.2) is 0 Å². The number of unbranched alkanes of at least 4 members (excludes halogenated alkanes) is 4. The minimum atomic E-state index is 0.536. The van der Waals surface area contributed by atoms with Gasteiger partial charge in [0, 0.05) is 6.04 Å². The quantitative estimate of drug-likeness (QED) is 0.638. The summed E-state index contributed by atoms with van der Waals surface area (Å²) in [5, 5.41) is 3.46. The molecule has 0 aromatic carbocycles. The lowest BCUT2D eigenvalue weighted by atomic mass is 9.97. The van der Waals surface area contributed by atoms with Gasteiger partial charge in [0.1, 0.15) is 0 Å². The fourth-order valence-corrected chi connectivity index (χ4v) is 2.26. The molecule has 1 rings (SSSR count). The summed E-state index contributed by atoms with van der Waals surface area (Å²) in [6, 6.07) is 0.536. The number of rotatable bonds is 8. The molecule has 2 nitrogen and oxygen atoms in total. The molecule has 0 amide bonds.